The largest absolute Gasteiger partial charge is 0.357 e. The minimum Gasteiger partial charge on any atom is -0.357 e. The zero-order valence-electron chi connectivity index (χ0n) is 14.6. The summed E-state index contributed by atoms with van der Waals surface area (Å²) >= 11 is 0. The standard InChI is InChI=1S/C17H26N6/c1-6-18-17(19-11-16-22-21-14(4)23(16)5)20-13(3)15-10-8-7-9-12(15)2/h7-10,13H,6,11H2,1-5H3,(H2,18,19,20). The second kappa shape index (κ2) is 7.76. The van der Waals surface area contributed by atoms with E-state index >= 15 is 0 Å². The van der Waals surface area contributed by atoms with E-state index in [0.29, 0.717) is 6.54 Å². The van der Waals surface area contributed by atoms with Crippen LogP contribution >= 0.6 is 0 Å². The van der Waals surface area contributed by atoms with E-state index in [1.165, 1.54) is 11.1 Å². The number of aryl methyl sites for hydroxylation is 2. The number of benzene rings is 1. The zero-order chi connectivity index (χ0) is 16.8. The molecule has 0 amide bonds. The van der Waals surface area contributed by atoms with Gasteiger partial charge in [-0.05, 0) is 38.8 Å². The molecule has 0 radical (unpaired) electrons. The Balaban J connectivity index is 2.10. The summed E-state index contributed by atoms with van der Waals surface area (Å²) in [5.74, 6) is 2.52. The van der Waals surface area contributed by atoms with Crippen molar-refractivity contribution in [1.82, 2.24) is 25.4 Å². The third-order valence-corrected chi connectivity index (χ3v) is 3.91. The summed E-state index contributed by atoms with van der Waals surface area (Å²) < 4.78 is 1.96. The van der Waals surface area contributed by atoms with Crippen molar-refractivity contribution in [2.45, 2.75) is 40.3 Å². The smallest absolute Gasteiger partial charge is 0.192 e. The Morgan fingerprint density at radius 1 is 1.26 bits per heavy atom. The van der Waals surface area contributed by atoms with Crippen molar-refractivity contribution < 1.29 is 0 Å². The number of guanidine groups is 1. The van der Waals surface area contributed by atoms with Gasteiger partial charge < -0.3 is 15.2 Å². The number of aromatic nitrogens is 3. The highest BCUT2D eigenvalue weighted by molar-refractivity contribution is 5.80. The summed E-state index contributed by atoms with van der Waals surface area (Å²) in [7, 11) is 1.95. The Morgan fingerprint density at radius 3 is 2.61 bits per heavy atom. The molecule has 1 aromatic heterocycles. The van der Waals surface area contributed by atoms with Gasteiger partial charge in [0.2, 0.25) is 0 Å². The summed E-state index contributed by atoms with van der Waals surface area (Å²) in [4.78, 5) is 4.62. The van der Waals surface area contributed by atoms with Gasteiger partial charge in [0.05, 0.1) is 6.04 Å². The molecule has 2 rings (SSSR count). The van der Waals surface area contributed by atoms with Crippen LogP contribution in [0.3, 0.4) is 0 Å². The fraction of sp³-hybridized carbons (Fsp3) is 0.471. The maximum Gasteiger partial charge on any atom is 0.192 e. The lowest BCUT2D eigenvalue weighted by Gasteiger charge is -2.19. The van der Waals surface area contributed by atoms with E-state index in [1.54, 1.807) is 0 Å². The van der Waals surface area contributed by atoms with Gasteiger partial charge in [0.15, 0.2) is 11.8 Å². The third-order valence-electron chi connectivity index (χ3n) is 3.91. The van der Waals surface area contributed by atoms with Gasteiger partial charge in [0.1, 0.15) is 12.4 Å². The van der Waals surface area contributed by atoms with Crippen molar-refractivity contribution in [2.24, 2.45) is 12.0 Å². The van der Waals surface area contributed by atoms with E-state index in [1.807, 2.05) is 18.5 Å². The Labute approximate surface area is 138 Å². The summed E-state index contributed by atoms with van der Waals surface area (Å²) in [6.45, 7) is 9.56. The highest BCUT2D eigenvalue weighted by Gasteiger charge is 2.10. The first-order valence-corrected chi connectivity index (χ1v) is 7.98. The van der Waals surface area contributed by atoms with E-state index in [2.05, 4.69) is 70.9 Å². The fourth-order valence-corrected chi connectivity index (χ4v) is 2.41. The molecule has 0 aliphatic heterocycles. The number of hydrogen-bond acceptors (Lipinski definition) is 3. The van der Waals surface area contributed by atoms with Crippen molar-refractivity contribution in [1.29, 1.82) is 0 Å². The van der Waals surface area contributed by atoms with Gasteiger partial charge in [-0.25, -0.2) is 4.99 Å². The minimum atomic E-state index is 0.176. The molecule has 2 N–H and O–H groups in total. The van der Waals surface area contributed by atoms with Crippen LogP contribution in [0, 0.1) is 13.8 Å². The SMILES string of the molecule is CCNC(=NCc1nnc(C)n1C)NC(C)c1ccccc1C. The molecule has 1 aromatic carbocycles. The molecule has 1 atom stereocenters. The van der Waals surface area contributed by atoms with Crippen LogP contribution < -0.4 is 10.6 Å². The molecule has 6 heteroatoms. The Morgan fingerprint density at radius 2 is 2.00 bits per heavy atom. The molecule has 124 valence electrons. The highest BCUT2D eigenvalue weighted by atomic mass is 15.3. The molecule has 1 unspecified atom stereocenters. The third kappa shape index (κ3) is 4.31. The van der Waals surface area contributed by atoms with Crippen LogP contribution in [0.5, 0.6) is 0 Å². The predicted molar refractivity (Wildman–Crippen MR) is 93.3 cm³/mol. The van der Waals surface area contributed by atoms with Crippen LogP contribution in [0.15, 0.2) is 29.3 Å². The molecular weight excluding hydrogens is 288 g/mol. The predicted octanol–water partition coefficient (Wildman–Crippen LogP) is 2.25. The first kappa shape index (κ1) is 17.0. The first-order chi connectivity index (χ1) is 11.0. The number of rotatable bonds is 5. The zero-order valence-corrected chi connectivity index (χ0v) is 14.6. The first-order valence-electron chi connectivity index (χ1n) is 7.98. The summed E-state index contributed by atoms with van der Waals surface area (Å²) in [5, 5.41) is 14.9. The summed E-state index contributed by atoms with van der Waals surface area (Å²) in [6, 6.07) is 8.56. The van der Waals surface area contributed by atoms with Crippen molar-refractivity contribution in [3.05, 3.63) is 47.0 Å². The van der Waals surface area contributed by atoms with Gasteiger partial charge in [-0.3, -0.25) is 0 Å². The quantitative estimate of drug-likeness (QED) is 0.656. The maximum absolute atomic E-state index is 4.62. The molecule has 0 spiro atoms. The molecule has 0 saturated carbocycles. The van der Waals surface area contributed by atoms with Gasteiger partial charge >= 0.3 is 0 Å². The molecule has 0 aliphatic rings. The number of hydrogen-bond donors (Lipinski definition) is 2. The molecule has 23 heavy (non-hydrogen) atoms. The fourth-order valence-electron chi connectivity index (χ4n) is 2.41. The number of nitrogens with one attached hydrogen (secondary N) is 2. The van der Waals surface area contributed by atoms with Crippen molar-refractivity contribution in [2.75, 3.05) is 6.54 Å². The van der Waals surface area contributed by atoms with Gasteiger partial charge in [0, 0.05) is 13.6 Å². The monoisotopic (exact) mass is 314 g/mol. The molecule has 1 heterocycles. The van der Waals surface area contributed by atoms with Crippen LogP contribution in [0.4, 0.5) is 0 Å². The lowest BCUT2D eigenvalue weighted by Crippen LogP contribution is -2.39. The van der Waals surface area contributed by atoms with E-state index in [-0.39, 0.29) is 6.04 Å². The van der Waals surface area contributed by atoms with Gasteiger partial charge in [-0.2, -0.15) is 0 Å². The summed E-state index contributed by atoms with van der Waals surface area (Å²) in [5.41, 5.74) is 2.54. The molecule has 6 nitrogen and oxygen atoms in total. The Hall–Kier alpha value is -2.37. The highest BCUT2D eigenvalue weighted by Crippen LogP contribution is 2.16. The van der Waals surface area contributed by atoms with Crippen LogP contribution in [0.2, 0.25) is 0 Å². The number of nitrogens with zero attached hydrogens (tertiary/aromatic N) is 4. The average Bonchev–Trinajstić information content (AvgIpc) is 2.85. The number of aliphatic imine (C=N–C) groups is 1. The lowest BCUT2D eigenvalue weighted by atomic mass is 10.0. The molecule has 0 fully saturated rings. The normalized spacial score (nSPS) is 13.0. The second-order valence-corrected chi connectivity index (χ2v) is 5.64. The maximum atomic E-state index is 4.62. The lowest BCUT2D eigenvalue weighted by molar-refractivity contribution is 0.677. The Bertz CT molecular complexity index is 673. The molecule has 0 bridgehead atoms. The summed E-state index contributed by atoms with van der Waals surface area (Å²) in [6.07, 6.45) is 0. The Kier molecular flexibility index (Phi) is 5.73. The molecule has 0 aliphatic carbocycles. The molecular formula is C17H26N6. The van der Waals surface area contributed by atoms with Gasteiger partial charge in [0.25, 0.3) is 0 Å². The topological polar surface area (TPSA) is 67.1 Å². The van der Waals surface area contributed by atoms with E-state index in [4.69, 9.17) is 0 Å². The van der Waals surface area contributed by atoms with Crippen molar-refractivity contribution >= 4 is 5.96 Å². The van der Waals surface area contributed by atoms with Crippen LogP contribution in [0.25, 0.3) is 0 Å². The van der Waals surface area contributed by atoms with Crippen LogP contribution in [-0.2, 0) is 13.6 Å². The van der Waals surface area contributed by atoms with Gasteiger partial charge in [-0.1, -0.05) is 24.3 Å². The van der Waals surface area contributed by atoms with Crippen molar-refractivity contribution in [3.8, 4) is 0 Å². The average molecular weight is 314 g/mol. The van der Waals surface area contributed by atoms with E-state index < -0.39 is 0 Å². The molecule has 2 aromatic rings. The molecule has 0 saturated heterocycles. The van der Waals surface area contributed by atoms with E-state index in [9.17, 15) is 0 Å². The van der Waals surface area contributed by atoms with Crippen molar-refractivity contribution in [3.63, 3.8) is 0 Å². The second-order valence-electron chi connectivity index (χ2n) is 5.64. The van der Waals surface area contributed by atoms with Crippen LogP contribution in [0.1, 0.15) is 42.7 Å². The van der Waals surface area contributed by atoms with E-state index in [0.717, 1.165) is 24.2 Å². The van der Waals surface area contributed by atoms with Gasteiger partial charge in [-0.15, -0.1) is 10.2 Å². The minimum absolute atomic E-state index is 0.176. The van der Waals surface area contributed by atoms with Crippen LogP contribution in [-0.4, -0.2) is 27.3 Å².